The highest BCUT2D eigenvalue weighted by Crippen LogP contribution is 2.46. The van der Waals surface area contributed by atoms with Crippen LogP contribution < -0.4 is 4.90 Å². The Morgan fingerprint density at radius 2 is 0.787 bits per heavy atom. The van der Waals surface area contributed by atoms with E-state index in [9.17, 15) is 5.48 Å². The van der Waals surface area contributed by atoms with Crippen LogP contribution in [0.4, 0.5) is 17.1 Å². The molecule has 1 heteroatoms. The maximum Gasteiger partial charge on any atom is 0.0645 e. The summed E-state index contributed by atoms with van der Waals surface area (Å²) < 4.78 is 79.7. The van der Waals surface area contributed by atoms with E-state index in [1.807, 2.05) is 78.9 Å². The fourth-order valence-corrected chi connectivity index (χ4v) is 8.58. The lowest BCUT2D eigenvalue weighted by atomic mass is 9.84. The summed E-state index contributed by atoms with van der Waals surface area (Å²) in [6.45, 7) is 0. The standard InChI is InChI=1S/C60H41N/c1-4-15-42(16-5-1)43-27-34-50(35-28-43)61(52-38-31-46(32-39-52)54-26-14-22-45-17-10-11-23-53(45)54)51-36-29-44(30-37-51)49-33-40-56-55-24-12-13-25-57(55)59(47-18-6-2-7-19-47)60(58(56)41-49)48-20-8-3-9-21-48/h1-41H/i1D,4D,5D,15D,16D,27D,28D,34D,35D. The van der Waals surface area contributed by atoms with Gasteiger partial charge in [0.25, 0.3) is 0 Å². The molecular weight excluding hydrogens is 735 g/mol. The van der Waals surface area contributed by atoms with Crippen LogP contribution in [0.5, 0.6) is 0 Å². The van der Waals surface area contributed by atoms with E-state index < -0.39 is 54.4 Å². The topological polar surface area (TPSA) is 3.24 Å². The van der Waals surface area contributed by atoms with Crippen LogP contribution in [-0.2, 0) is 0 Å². The monoisotopic (exact) mass is 784 g/mol. The summed E-state index contributed by atoms with van der Waals surface area (Å²) in [5.74, 6) is 0. The molecule has 0 N–H and O–H groups in total. The van der Waals surface area contributed by atoms with E-state index in [-0.39, 0.29) is 16.8 Å². The van der Waals surface area contributed by atoms with Gasteiger partial charge in [0.05, 0.1) is 12.3 Å². The second kappa shape index (κ2) is 15.6. The normalized spacial score (nSPS) is 13.3. The molecule has 286 valence electrons. The third-order valence-electron chi connectivity index (χ3n) is 11.4. The molecule has 0 saturated carbocycles. The predicted molar refractivity (Wildman–Crippen MR) is 261 cm³/mol. The van der Waals surface area contributed by atoms with Gasteiger partial charge >= 0.3 is 0 Å². The van der Waals surface area contributed by atoms with Crippen LogP contribution >= 0.6 is 0 Å². The molecule has 0 radical (unpaired) electrons. The number of hydrogen-bond donors (Lipinski definition) is 0. The lowest BCUT2D eigenvalue weighted by Crippen LogP contribution is -2.09. The highest BCUT2D eigenvalue weighted by Gasteiger charge is 2.19. The summed E-state index contributed by atoms with van der Waals surface area (Å²) in [5.41, 5.74) is 8.68. The molecule has 0 aromatic heterocycles. The molecule has 0 spiro atoms. The predicted octanol–water partition coefficient (Wildman–Crippen LogP) is 17.0. The minimum Gasteiger partial charge on any atom is -0.311 e. The highest BCUT2D eigenvalue weighted by molar-refractivity contribution is 6.22. The Labute approximate surface area is 369 Å². The Balaban J connectivity index is 1.09. The molecule has 61 heavy (non-hydrogen) atoms. The molecule has 0 heterocycles. The second-order valence-electron chi connectivity index (χ2n) is 15.0. The van der Waals surface area contributed by atoms with Crippen molar-refractivity contribution in [1.82, 2.24) is 0 Å². The molecule has 0 aliphatic heterocycles. The average molecular weight is 785 g/mol. The third-order valence-corrected chi connectivity index (χ3v) is 11.4. The Bertz CT molecular complexity index is 3790. The summed E-state index contributed by atoms with van der Waals surface area (Å²) in [5, 5.41) is 6.73. The molecular formula is C60H41N. The van der Waals surface area contributed by atoms with Crippen LogP contribution in [0.2, 0.25) is 0 Å². The largest absolute Gasteiger partial charge is 0.311 e. The van der Waals surface area contributed by atoms with Gasteiger partial charge in [-0.1, -0.05) is 206 Å². The summed E-state index contributed by atoms with van der Waals surface area (Å²) in [6.07, 6.45) is 0. The van der Waals surface area contributed by atoms with Crippen LogP contribution in [0.3, 0.4) is 0 Å². The van der Waals surface area contributed by atoms with Crippen molar-refractivity contribution in [3.8, 4) is 55.6 Å². The number of hydrogen-bond acceptors (Lipinski definition) is 1. The molecule has 0 saturated heterocycles. The zero-order valence-electron chi connectivity index (χ0n) is 41.9. The smallest absolute Gasteiger partial charge is 0.0645 e. The molecule has 0 amide bonds. The molecule has 0 atom stereocenters. The molecule has 0 unspecified atom stereocenters. The summed E-state index contributed by atoms with van der Waals surface area (Å²) in [4.78, 5) is 1.69. The summed E-state index contributed by atoms with van der Waals surface area (Å²) in [7, 11) is 0. The van der Waals surface area contributed by atoms with Gasteiger partial charge in [-0.2, -0.15) is 0 Å². The van der Waals surface area contributed by atoms with Gasteiger partial charge in [0, 0.05) is 17.1 Å². The minimum atomic E-state index is -0.627. The van der Waals surface area contributed by atoms with Crippen LogP contribution in [0.25, 0.3) is 88.0 Å². The van der Waals surface area contributed by atoms with E-state index in [2.05, 4.69) is 115 Å². The lowest BCUT2D eigenvalue weighted by Gasteiger charge is -2.26. The first-order valence-corrected chi connectivity index (χ1v) is 20.3. The highest BCUT2D eigenvalue weighted by atomic mass is 15.1. The van der Waals surface area contributed by atoms with Crippen LogP contribution in [-0.4, -0.2) is 0 Å². The Morgan fingerprint density at radius 1 is 0.279 bits per heavy atom. The van der Waals surface area contributed by atoms with Crippen molar-refractivity contribution in [2.45, 2.75) is 0 Å². The molecule has 11 aromatic carbocycles. The molecule has 11 aromatic rings. The molecule has 1 nitrogen and oxygen atoms in total. The van der Waals surface area contributed by atoms with Crippen molar-refractivity contribution in [1.29, 1.82) is 0 Å². The minimum absolute atomic E-state index is 0.0599. The van der Waals surface area contributed by atoms with Gasteiger partial charge in [0.1, 0.15) is 0 Å². The molecule has 11 rings (SSSR count). The maximum atomic E-state index is 9.51. The summed E-state index contributed by atoms with van der Waals surface area (Å²) >= 11 is 0. The first kappa shape index (κ1) is 27.6. The Kier molecular flexibility index (Phi) is 7.09. The molecule has 0 fully saturated rings. The van der Waals surface area contributed by atoms with Gasteiger partial charge < -0.3 is 4.90 Å². The second-order valence-corrected chi connectivity index (χ2v) is 15.0. The molecule has 0 aliphatic carbocycles. The van der Waals surface area contributed by atoms with Gasteiger partial charge in [0.15, 0.2) is 0 Å². The zero-order chi connectivity index (χ0) is 48.4. The summed E-state index contributed by atoms with van der Waals surface area (Å²) in [6, 6.07) is 60.9. The average Bonchev–Trinajstić information content (AvgIpc) is 3.41. The van der Waals surface area contributed by atoms with E-state index in [0.29, 0.717) is 11.4 Å². The SMILES string of the molecule is [2H]c1c([2H])c([2H])c(-c2c([2H])c([2H])c(N(c3ccc(-c4ccc5c(c4)c(-c4ccccc4)c(-c4ccccc4)c4ccccc45)cc3)c3ccc(-c4cccc5ccccc45)cc3)c([2H])c2[2H])c([2H])c1[2H]. The fraction of sp³-hybridized carbons (Fsp3) is 0. The quantitative estimate of drug-likeness (QED) is 0.139. The van der Waals surface area contributed by atoms with Crippen molar-refractivity contribution >= 4 is 49.4 Å². The molecule has 0 aliphatic rings. The van der Waals surface area contributed by atoms with Crippen LogP contribution in [0.1, 0.15) is 12.3 Å². The Morgan fingerprint density at radius 3 is 1.46 bits per heavy atom. The number of nitrogens with zero attached hydrogens (tertiary/aromatic N) is 1. The van der Waals surface area contributed by atoms with E-state index in [1.54, 1.807) is 4.90 Å². The van der Waals surface area contributed by atoms with E-state index in [0.717, 1.165) is 76.8 Å². The number of fused-ring (bicyclic) bond motifs is 4. The van der Waals surface area contributed by atoms with E-state index in [4.69, 9.17) is 6.85 Å². The third kappa shape index (κ3) is 6.73. The van der Waals surface area contributed by atoms with Crippen molar-refractivity contribution in [2.75, 3.05) is 4.90 Å². The number of anilines is 3. The van der Waals surface area contributed by atoms with Gasteiger partial charge in [-0.3, -0.25) is 0 Å². The van der Waals surface area contributed by atoms with Crippen molar-refractivity contribution in [3.63, 3.8) is 0 Å². The van der Waals surface area contributed by atoms with E-state index >= 15 is 0 Å². The first-order valence-electron chi connectivity index (χ1n) is 24.8. The number of rotatable bonds is 8. The fourth-order valence-electron chi connectivity index (χ4n) is 8.58. The Hall–Kier alpha value is -8.00. The number of benzene rings is 11. The zero-order valence-corrected chi connectivity index (χ0v) is 32.9. The maximum absolute atomic E-state index is 9.51. The lowest BCUT2D eigenvalue weighted by molar-refractivity contribution is 1.28. The van der Waals surface area contributed by atoms with Gasteiger partial charge in [-0.25, -0.2) is 0 Å². The van der Waals surface area contributed by atoms with Crippen molar-refractivity contribution < 1.29 is 12.3 Å². The van der Waals surface area contributed by atoms with Crippen molar-refractivity contribution in [2.24, 2.45) is 0 Å². The van der Waals surface area contributed by atoms with E-state index in [1.165, 1.54) is 0 Å². The van der Waals surface area contributed by atoms with Gasteiger partial charge in [-0.05, 0) is 130 Å². The van der Waals surface area contributed by atoms with Gasteiger partial charge in [0.2, 0.25) is 0 Å². The van der Waals surface area contributed by atoms with Crippen molar-refractivity contribution in [3.05, 3.63) is 249 Å². The van der Waals surface area contributed by atoms with Gasteiger partial charge in [-0.15, -0.1) is 0 Å². The molecule has 0 bridgehead atoms. The first-order chi connectivity index (χ1) is 34.0. The van der Waals surface area contributed by atoms with Crippen LogP contribution in [0.15, 0.2) is 249 Å². The van der Waals surface area contributed by atoms with Crippen LogP contribution in [0, 0.1) is 0 Å².